The van der Waals surface area contributed by atoms with Crippen LogP contribution in [-0.2, 0) is 6.42 Å². The Balaban J connectivity index is 1.84. The molecule has 0 aliphatic heterocycles. The number of aryl methyl sites for hydroxylation is 2. The van der Waals surface area contributed by atoms with Gasteiger partial charge in [-0.25, -0.2) is 0 Å². The lowest BCUT2D eigenvalue weighted by atomic mass is 10.1. The average Bonchev–Trinajstić information content (AvgIpc) is 2.84. The summed E-state index contributed by atoms with van der Waals surface area (Å²) in [6, 6.07) is 12.1. The number of aromatic nitrogens is 1. The molecule has 2 heterocycles. The van der Waals surface area contributed by atoms with E-state index in [1.54, 1.807) is 0 Å². The predicted octanol–water partition coefficient (Wildman–Crippen LogP) is 3.69. The lowest BCUT2D eigenvalue weighted by Gasteiger charge is -2.07. The zero-order valence-corrected chi connectivity index (χ0v) is 11.8. The Kier molecular flexibility index (Phi) is 3.28. The van der Waals surface area contributed by atoms with Crippen LogP contribution in [0.25, 0.3) is 11.0 Å². The first-order valence-electron chi connectivity index (χ1n) is 6.79. The Labute approximate surface area is 118 Å². The molecule has 0 saturated carbocycles. The predicted molar refractivity (Wildman–Crippen MR) is 80.6 cm³/mol. The summed E-state index contributed by atoms with van der Waals surface area (Å²) < 4.78 is 5.83. The van der Waals surface area contributed by atoms with Crippen LogP contribution >= 0.6 is 0 Å². The van der Waals surface area contributed by atoms with Crippen molar-refractivity contribution in [3.63, 3.8) is 0 Å². The van der Waals surface area contributed by atoms with Crippen LogP contribution in [0, 0.1) is 13.8 Å². The van der Waals surface area contributed by atoms with Crippen LogP contribution in [-0.4, -0.2) is 4.98 Å². The number of furan rings is 1. The van der Waals surface area contributed by atoms with E-state index in [9.17, 15) is 0 Å². The summed E-state index contributed by atoms with van der Waals surface area (Å²) >= 11 is 0. The quantitative estimate of drug-likeness (QED) is 0.786. The third kappa shape index (κ3) is 2.58. The molecule has 20 heavy (non-hydrogen) atoms. The van der Waals surface area contributed by atoms with E-state index in [0.29, 0.717) is 6.42 Å². The summed E-state index contributed by atoms with van der Waals surface area (Å²) in [5.41, 5.74) is 10.5. The van der Waals surface area contributed by atoms with Gasteiger partial charge >= 0.3 is 0 Å². The van der Waals surface area contributed by atoms with Crippen molar-refractivity contribution in [1.29, 1.82) is 0 Å². The van der Waals surface area contributed by atoms with Gasteiger partial charge in [0.15, 0.2) is 0 Å². The second-order valence-electron chi connectivity index (χ2n) is 5.33. The van der Waals surface area contributed by atoms with E-state index in [0.717, 1.165) is 28.0 Å². The van der Waals surface area contributed by atoms with Gasteiger partial charge in [-0.3, -0.25) is 4.98 Å². The molecule has 0 aliphatic carbocycles. The fraction of sp³-hybridized carbons (Fsp3) is 0.235. The third-order valence-corrected chi connectivity index (χ3v) is 3.46. The fourth-order valence-electron chi connectivity index (χ4n) is 2.31. The van der Waals surface area contributed by atoms with Gasteiger partial charge in [-0.2, -0.15) is 0 Å². The van der Waals surface area contributed by atoms with Crippen molar-refractivity contribution < 1.29 is 4.42 Å². The maximum atomic E-state index is 6.23. The van der Waals surface area contributed by atoms with Crippen LogP contribution in [0.1, 0.15) is 28.6 Å². The van der Waals surface area contributed by atoms with E-state index in [4.69, 9.17) is 10.2 Å². The minimum absolute atomic E-state index is 0.169. The summed E-state index contributed by atoms with van der Waals surface area (Å²) in [6.45, 7) is 4.10. The molecule has 0 saturated heterocycles. The molecule has 0 radical (unpaired) electrons. The summed E-state index contributed by atoms with van der Waals surface area (Å²) in [4.78, 5) is 4.39. The topological polar surface area (TPSA) is 52.0 Å². The molecular formula is C17H18N2O. The molecule has 2 N–H and O–H groups in total. The van der Waals surface area contributed by atoms with Gasteiger partial charge in [-0.15, -0.1) is 0 Å². The standard InChI is InChI=1S/C17H18N2O/c1-11-4-6-16-13(7-11)8-17(20-16)15(18)9-14-5-3-12(2)10-19-14/h3-8,10,15H,9,18H2,1-2H3. The zero-order valence-electron chi connectivity index (χ0n) is 11.8. The summed E-state index contributed by atoms with van der Waals surface area (Å²) in [5, 5.41) is 1.10. The molecule has 3 rings (SSSR count). The van der Waals surface area contributed by atoms with Crippen LogP contribution in [0.2, 0.25) is 0 Å². The highest BCUT2D eigenvalue weighted by molar-refractivity contribution is 5.78. The molecule has 0 bridgehead atoms. The molecule has 1 atom stereocenters. The molecule has 3 aromatic rings. The molecule has 2 aromatic heterocycles. The first-order chi connectivity index (χ1) is 9.61. The van der Waals surface area contributed by atoms with Crippen LogP contribution in [0.5, 0.6) is 0 Å². The highest BCUT2D eigenvalue weighted by atomic mass is 16.3. The summed E-state index contributed by atoms with van der Waals surface area (Å²) in [5.74, 6) is 0.813. The maximum absolute atomic E-state index is 6.23. The van der Waals surface area contributed by atoms with Crippen molar-refractivity contribution in [3.8, 4) is 0 Å². The number of nitrogens with zero attached hydrogens (tertiary/aromatic N) is 1. The van der Waals surface area contributed by atoms with Crippen LogP contribution < -0.4 is 5.73 Å². The molecule has 1 unspecified atom stereocenters. The molecule has 0 fully saturated rings. The number of hydrogen-bond donors (Lipinski definition) is 1. The van der Waals surface area contributed by atoms with Gasteiger partial charge in [0, 0.05) is 23.7 Å². The second kappa shape index (κ2) is 5.10. The SMILES string of the molecule is Cc1ccc(CC(N)c2cc3cc(C)ccc3o2)nc1. The molecule has 1 aromatic carbocycles. The Morgan fingerprint density at radius 1 is 1.10 bits per heavy atom. The smallest absolute Gasteiger partial charge is 0.134 e. The molecule has 0 spiro atoms. The van der Waals surface area contributed by atoms with Crippen molar-refractivity contribution in [1.82, 2.24) is 4.98 Å². The second-order valence-corrected chi connectivity index (χ2v) is 5.33. The zero-order chi connectivity index (χ0) is 14.1. The van der Waals surface area contributed by atoms with Gasteiger partial charge in [0.05, 0.1) is 6.04 Å². The summed E-state index contributed by atoms with van der Waals surface area (Å²) in [7, 11) is 0. The average molecular weight is 266 g/mol. The number of rotatable bonds is 3. The minimum Gasteiger partial charge on any atom is -0.459 e. The number of hydrogen-bond acceptors (Lipinski definition) is 3. The Hall–Kier alpha value is -2.13. The van der Waals surface area contributed by atoms with Crippen LogP contribution in [0.3, 0.4) is 0 Å². The highest BCUT2D eigenvalue weighted by Crippen LogP contribution is 2.25. The number of nitrogens with two attached hydrogens (primary N) is 1. The fourth-order valence-corrected chi connectivity index (χ4v) is 2.31. The number of fused-ring (bicyclic) bond motifs is 1. The molecule has 102 valence electrons. The molecule has 0 amide bonds. The lowest BCUT2D eigenvalue weighted by Crippen LogP contribution is -2.13. The van der Waals surface area contributed by atoms with Gasteiger partial charge in [0.25, 0.3) is 0 Å². The molecule has 0 aliphatic rings. The maximum Gasteiger partial charge on any atom is 0.134 e. The van der Waals surface area contributed by atoms with Crippen molar-refractivity contribution in [2.24, 2.45) is 5.73 Å². The largest absolute Gasteiger partial charge is 0.459 e. The van der Waals surface area contributed by atoms with Crippen molar-refractivity contribution in [2.75, 3.05) is 0 Å². The van der Waals surface area contributed by atoms with E-state index in [2.05, 4.69) is 24.0 Å². The van der Waals surface area contributed by atoms with E-state index in [-0.39, 0.29) is 6.04 Å². The van der Waals surface area contributed by atoms with E-state index in [1.165, 1.54) is 5.56 Å². The molecule has 3 nitrogen and oxygen atoms in total. The van der Waals surface area contributed by atoms with Gasteiger partial charge in [0.2, 0.25) is 0 Å². The summed E-state index contributed by atoms with van der Waals surface area (Å²) in [6.07, 6.45) is 2.54. The lowest BCUT2D eigenvalue weighted by molar-refractivity contribution is 0.491. The minimum atomic E-state index is -0.169. The van der Waals surface area contributed by atoms with Gasteiger partial charge in [-0.1, -0.05) is 17.7 Å². The normalized spacial score (nSPS) is 12.8. The van der Waals surface area contributed by atoms with Crippen molar-refractivity contribution >= 4 is 11.0 Å². The Bertz CT molecular complexity index is 728. The van der Waals surface area contributed by atoms with E-state index >= 15 is 0 Å². The van der Waals surface area contributed by atoms with Crippen molar-refractivity contribution in [3.05, 3.63) is 65.2 Å². The Morgan fingerprint density at radius 3 is 2.65 bits per heavy atom. The van der Waals surface area contributed by atoms with E-state index < -0.39 is 0 Å². The monoisotopic (exact) mass is 266 g/mol. The number of benzene rings is 1. The van der Waals surface area contributed by atoms with E-state index in [1.807, 2.05) is 37.4 Å². The van der Waals surface area contributed by atoms with Crippen LogP contribution in [0.15, 0.2) is 47.0 Å². The van der Waals surface area contributed by atoms with Gasteiger partial charge in [-0.05, 0) is 43.7 Å². The van der Waals surface area contributed by atoms with Crippen molar-refractivity contribution in [2.45, 2.75) is 26.3 Å². The number of pyridine rings is 1. The van der Waals surface area contributed by atoms with Gasteiger partial charge in [0.1, 0.15) is 11.3 Å². The van der Waals surface area contributed by atoms with Gasteiger partial charge < -0.3 is 10.2 Å². The van der Waals surface area contributed by atoms with Crippen LogP contribution in [0.4, 0.5) is 0 Å². The molecular weight excluding hydrogens is 248 g/mol. The highest BCUT2D eigenvalue weighted by Gasteiger charge is 2.13. The third-order valence-electron chi connectivity index (χ3n) is 3.46. The molecule has 3 heteroatoms. The first kappa shape index (κ1) is 12.9. The first-order valence-corrected chi connectivity index (χ1v) is 6.79. The Morgan fingerprint density at radius 2 is 1.90 bits per heavy atom.